The van der Waals surface area contributed by atoms with Crippen molar-refractivity contribution in [3.05, 3.63) is 30.6 Å². The third-order valence-electron chi connectivity index (χ3n) is 2.56. The van der Waals surface area contributed by atoms with Gasteiger partial charge < -0.3 is 11.1 Å². The van der Waals surface area contributed by atoms with Gasteiger partial charge >= 0.3 is 0 Å². The zero-order valence-electron chi connectivity index (χ0n) is 9.70. The minimum Gasteiger partial charge on any atom is -0.397 e. The van der Waals surface area contributed by atoms with E-state index < -0.39 is 0 Å². The normalized spacial score (nSPS) is 10.9. The highest BCUT2D eigenvalue weighted by Crippen LogP contribution is 2.27. The van der Waals surface area contributed by atoms with Crippen LogP contribution < -0.4 is 11.1 Å². The second-order valence-corrected chi connectivity index (χ2v) is 4.40. The van der Waals surface area contributed by atoms with Crippen molar-refractivity contribution < 1.29 is 0 Å². The molecule has 0 aliphatic heterocycles. The van der Waals surface area contributed by atoms with Gasteiger partial charge in [0.1, 0.15) is 0 Å². The second kappa shape index (κ2) is 4.39. The number of nitrogens with one attached hydrogen (secondary N) is 1. The van der Waals surface area contributed by atoms with E-state index in [9.17, 15) is 0 Å². The lowest BCUT2D eigenvalue weighted by Crippen LogP contribution is -2.09. The third-order valence-corrected chi connectivity index (χ3v) is 2.56. The first-order chi connectivity index (χ1) is 7.68. The van der Waals surface area contributed by atoms with Crippen molar-refractivity contribution in [3.8, 4) is 0 Å². The highest BCUT2D eigenvalue weighted by Gasteiger charge is 2.04. The van der Waals surface area contributed by atoms with E-state index >= 15 is 0 Å². The molecule has 0 spiro atoms. The highest BCUT2D eigenvalue weighted by molar-refractivity contribution is 5.98. The van der Waals surface area contributed by atoms with Crippen LogP contribution in [0.4, 0.5) is 11.4 Å². The van der Waals surface area contributed by atoms with Crippen molar-refractivity contribution in [2.24, 2.45) is 5.92 Å². The molecule has 1 aromatic heterocycles. The molecule has 3 N–H and O–H groups in total. The van der Waals surface area contributed by atoms with Crippen LogP contribution in [0, 0.1) is 5.92 Å². The summed E-state index contributed by atoms with van der Waals surface area (Å²) in [7, 11) is 0. The average molecular weight is 215 g/mol. The van der Waals surface area contributed by atoms with Gasteiger partial charge in [0.05, 0.1) is 11.4 Å². The summed E-state index contributed by atoms with van der Waals surface area (Å²) in [6.07, 6.45) is 3.60. The van der Waals surface area contributed by atoms with Gasteiger partial charge in [0, 0.05) is 29.7 Å². The smallest absolute Gasteiger partial charge is 0.0630 e. The Morgan fingerprint density at radius 1 is 1.31 bits per heavy atom. The van der Waals surface area contributed by atoms with Crippen molar-refractivity contribution in [1.82, 2.24) is 4.98 Å². The van der Waals surface area contributed by atoms with Crippen LogP contribution in [-0.4, -0.2) is 11.5 Å². The standard InChI is InChI=1S/C13H17N3/c1-9(2)7-16-12-4-3-10-8-15-6-5-11(10)13(12)14/h3-6,8-9,16H,7,14H2,1-2H3. The zero-order chi connectivity index (χ0) is 11.5. The van der Waals surface area contributed by atoms with E-state index in [1.807, 2.05) is 24.4 Å². The van der Waals surface area contributed by atoms with Crippen LogP contribution in [0.1, 0.15) is 13.8 Å². The molecule has 84 valence electrons. The van der Waals surface area contributed by atoms with E-state index in [2.05, 4.69) is 24.1 Å². The Morgan fingerprint density at radius 3 is 2.88 bits per heavy atom. The molecule has 0 aliphatic carbocycles. The Bertz CT molecular complexity index is 492. The number of benzene rings is 1. The van der Waals surface area contributed by atoms with Gasteiger partial charge in [-0.1, -0.05) is 19.9 Å². The van der Waals surface area contributed by atoms with E-state index in [1.165, 1.54) is 0 Å². The molecule has 0 saturated heterocycles. The predicted octanol–water partition coefficient (Wildman–Crippen LogP) is 2.88. The number of nitrogen functional groups attached to an aromatic ring is 1. The summed E-state index contributed by atoms with van der Waals surface area (Å²) in [5, 5.41) is 5.50. The minimum absolute atomic E-state index is 0.604. The lowest BCUT2D eigenvalue weighted by atomic mass is 10.1. The van der Waals surface area contributed by atoms with Crippen LogP contribution >= 0.6 is 0 Å². The van der Waals surface area contributed by atoms with E-state index in [4.69, 9.17) is 5.73 Å². The van der Waals surface area contributed by atoms with Gasteiger partial charge in [-0.25, -0.2) is 0 Å². The van der Waals surface area contributed by atoms with Gasteiger partial charge in [-0.15, -0.1) is 0 Å². The first-order valence-electron chi connectivity index (χ1n) is 5.54. The highest BCUT2D eigenvalue weighted by atomic mass is 14.9. The average Bonchev–Trinajstić information content (AvgIpc) is 2.28. The molecule has 0 aliphatic rings. The molecule has 0 bridgehead atoms. The molecule has 0 saturated carbocycles. The zero-order valence-corrected chi connectivity index (χ0v) is 9.70. The molecule has 0 radical (unpaired) electrons. The van der Waals surface area contributed by atoms with Crippen molar-refractivity contribution >= 4 is 22.1 Å². The topological polar surface area (TPSA) is 50.9 Å². The summed E-state index contributed by atoms with van der Waals surface area (Å²) in [6, 6.07) is 6.01. The maximum Gasteiger partial charge on any atom is 0.0630 e. The van der Waals surface area contributed by atoms with Crippen molar-refractivity contribution in [2.75, 3.05) is 17.6 Å². The van der Waals surface area contributed by atoms with Gasteiger partial charge in [-0.2, -0.15) is 0 Å². The van der Waals surface area contributed by atoms with E-state index in [0.717, 1.165) is 28.7 Å². The first-order valence-corrected chi connectivity index (χ1v) is 5.54. The van der Waals surface area contributed by atoms with E-state index in [-0.39, 0.29) is 0 Å². The number of pyridine rings is 1. The Morgan fingerprint density at radius 2 is 2.12 bits per heavy atom. The van der Waals surface area contributed by atoms with Gasteiger partial charge in [-0.3, -0.25) is 4.98 Å². The molecule has 0 amide bonds. The SMILES string of the molecule is CC(C)CNc1ccc2cnccc2c1N. The molecular formula is C13H17N3. The van der Waals surface area contributed by atoms with Crippen LogP contribution in [0.25, 0.3) is 10.8 Å². The molecular weight excluding hydrogens is 198 g/mol. The summed E-state index contributed by atoms with van der Waals surface area (Å²) in [5.74, 6) is 0.604. The lowest BCUT2D eigenvalue weighted by Gasteiger charge is -2.13. The molecule has 2 aromatic rings. The number of aromatic nitrogens is 1. The Labute approximate surface area is 95.7 Å². The van der Waals surface area contributed by atoms with Crippen molar-refractivity contribution in [3.63, 3.8) is 0 Å². The molecule has 1 heterocycles. The van der Waals surface area contributed by atoms with Crippen molar-refractivity contribution in [2.45, 2.75) is 13.8 Å². The maximum atomic E-state index is 6.11. The molecule has 16 heavy (non-hydrogen) atoms. The summed E-state index contributed by atoms with van der Waals surface area (Å²) >= 11 is 0. The van der Waals surface area contributed by atoms with Gasteiger partial charge in [0.2, 0.25) is 0 Å². The summed E-state index contributed by atoms with van der Waals surface area (Å²) in [4.78, 5) is 4.08. The van der Waals surface area contributed by atoms with Gasteiger partial charge in [0.25, 0.3) is 0 Å². The summed E-state index contributed by atoms with van der Waals surface area (Å²) < 4.78 is 0. The van der Waals surface area contributed by atoms with Crippen molar-refractivity contribution in [1.29, 1.82) is 0 Å². The summed E-state index contributed by atoms with van der Waals surface area (Å²) in [5.41, 5.74) is 7.93. The fourth-order valence-corrected chi connectivity index (χ4v) is 1.66. The molecule has 3 heteroatoms. The fraction of sp³-hybridized carbons (Fsp3) is 0.308. The fourth-order valence-electron chi connectivity index (χ4n) is 1.66. The number of hydrogen-bond acceptors (Lipinski definition) is 3. The van der Waals surface area contributed by atoms with E-state index in [1.54, 1.807) is 6.20 Å². The first kappa shape index (κ1) is 10.7. The van der Waals surface area contributed by atoms with Gasteiger partial charge in [0.15, 0.2) is 0 Å². The number of fused-ring (bicyclic) bond motifs is 1. The Kier molecular flexibility index (Phi) is 2.95. The largest absolute Gasteiger partial charge is 0.397 e. The quantitative estimate of drug-likeness (QED) is 0.774. The second-order valence-electron chi connectivity index (χ2n) is 4.40. The predicted molar refractivity (Wildman–Crippen MR) is 69.5 cm³/mol. The molecule has 1 aromatic carbocycles. The van der Waals surface area contributed by atoms with Crippen LogP contribution in [-0.2, 0) is 0 Å². The van der Waals surface area contributed by atoms with E-state index in [0.29, 0.717) is 5.92 Å². The van der Waals surface area contributed by atoms with Crippen LogP contribution in [0.15, 0.2) is 30.6 Å². The monoisotopic (exact) mass is 215 g/mol. The maximum absolute atomic E-state index is 6.11. The Hall–Kier alpha value is -1.77. The van der Waals surface area contributed by atoms with Crippen LogP contribution in [0.5, 0.6) is 0 Å². The van der Waals surface area contributed by atoms with Gasteiger partial charge in [-0.05, 0) is 18.1 Å². The number of rotatable bonds is 3. The summed E-state index contributed by atoms with van der Waals surface area (Å²) in [6.45, 7) is 5.28. The molecule has 3 nitrogen and oxygen atoms in total. The number of anilines is 2. The number of nitrogens with zero attached hydrogens (tertiary/aromatic N) is 1. The minimum atomic E-state index is 0.604. The van der Waals surface area contributed by atoms with Crippen LogP contribution in [0.2, 0.25) is 0 Å². The van der Waals surface area contributed by atoms with Crippen LogP contribution in [0.3, 0.4) is 0 Å². The molecule has 0 atom stereocenters. The molecule has 0 unspecified atom stereocenters. The lowest BCUT2D eigenvalue weighted by molar-refractivity contribution is 0.689. The Balaban J connectivity index is 2.37. The molecule has 2 rings (SSSR count). The number of nitrogens with two attached hydrogens (primary N) is 1. The number of hydrogen-bond donors (Lipinski definition) is 2. The molecule has 0 fully saturated rings. The third kappa shape index (κ3) is 2.08.